The number of nitrogens with zero attached hydrogens (tertiary/aromatic N) is 6. The number of hydrogen-bond acceptors (Lipinski definition) is 8. The number of carbonyl (C=O) groups excluding carboxylic acids is 1. The highest BCUT2D eigenvalue weighted by molar-refractivity contribution is 5.95. The molecule has 3 aromatic rings. The monoisotopic (exact) mass is 489 g/mol. The van der Waals surface area contributed by atoms with Gasteiger partial charge in [0, 0.05) is 37.8 Å². The number of benzene rings is 1. The van der Waals surface area contributed by atoms with Crippen molar-refractivity contribution < 1.29 is 9.53 Å². The Morgan fingerprint density at radius 1 is 1.06 bits per heavy atom. The number of pyridine rings is 1. The number of anilines is 4. The van der Waals surface area contributed by atoms with Crippen molar-refractivity contribution in [2.75, 3.05) is 61.5 Å². The maximum absolute atomic E-state index is 14.3. The van der Waals surface area contributed by atoms with Gasteiger partial charge in [0.05, 0.1) is 24.5 Å². The Kier molecular flexibility index (Phi) is 5.96. The molecule has 2 unspecified atom stereocenters. The molecule has 1 saturated heterocycles. The van der Waals surface area contributed by atoms with Gasteiger partial charge in [-0.3, -0.25) is 14.3 Å². The first kappa shape index (κ1) is 22.8. The number of methoxy groups -OCH3 is 1. The van der Waals surface area contributed by atoms with Gasteiger partial charge in [-0.1, -0.05) is 12.1 Å². The number of rotatable bonds is 1. The molecular formula is C26H31N7O3. The number of hydrogen-bond donors (Lipinski definition) is 1. The van der Waals surface area contributed by atoms with E-state index in [4.69, 9.17) is 9.72 Å². The van der Waals surface area contributed by atoms with Crippen molar-refractivity contribution in [2.45, 2.75) is 31.7 Å². The van der Waals surface area contributed by atoms with E-state index in [0.717, 1.165) is 68.6 Å². The first-order valence-corrected chi connectivity index (χ1v) is 12.7. The number of amides is 1. The summed E-state index contributed by atoms with van der Waals surface area (Å²) in [7, 11) is 1.38. The molecular weight excluding hydrogens is 458 g/mol. The summed E-state index contributed by atoms with van der Waals surface area (Å²) in [5.41, 5.74) is 2.72. The topological polar surface area (TPSA) is 95.8 Å². The van der Waals surface area contributed by atoms with Crippen LogP contribution in [-0.4, -0.2) is 71.9 Å². The summed E-state index contributed by atoms with van der Waals surface area (Å²) in [5.74, 6) is 0.564. The van der Waals surface area contributed by atoms with E-state index >= 15 is 0 Å². The molecule has 3 aliphatic rings. The highest BCUT2D eigenvalue weighted by Gasteiger charge is 2.31. The lowest BCUT2D eigenvalue weighted by Gasteiger charge is -2.38. The molecule has 5 heterocycles. The van der Waals surface area contributed by atoms with E-state index in [9.17, 15) is 9.59 Å². The molecule has 1 aromatic carbocycles. The van der Waals surface area contributed by atoms with Crippen molar-refractivity contribution in [3.8, 4) is 0 Å². The van der Waals surface area contributed by atoms with E-state index < -0.39 is 6.09 Å². The van der Waals surface area contributed by atoms with E-state index in [1.807, 2.05) is 46.0 Å². The minimum absolute atomic E-state index is 0.0440. The van der Waals surface area contributed by atoms with Crippen LogP contribution in [-0.2, 0) is 4.74 Å². The second-order valence-electron chi connectivity index (χ2n) is 9.67. The first-order chi connectivity index (χ1) is 17.6. The molecule has 1 N–H and O–H groups in total. The second-order valence-corrected chi connectivity index (χ2v) is 9.67. The highest BCUT2D eigenvalue weighted by Crippen LogP contribution is 2.38. The molecule has 1 amide bonds. The van der Waals surface area contributed by atoms with Crippen LogP contribution >= 0.6 is 0 Å². The molecule has 36 heavy (non-hydrogen) atoms. The molecule has 6 rings (SSSR count). The van der Waals surface area contributed by atoms with Crippen molar-refractivity contribution in [3.05, 3.63) is 46.9 Å². The van der Waals surface area contributed by atoms with Crippen LogP contribution in [0.15, 0.2) is 41.3 Å². The second kappa shape index (κ2) is 9.42. The van der Waals surface area contributed by atoms with Crippen molar-refractivity contribution in [1.29, 1.82) is 0 Å². The number of para-hydroxylation sites is 2. The summed E-state index contributed by atoms with van der Waals surface area (Å²) in [6.45, 7) is 4.65. The molecule has 188 valence electrons. The first-order valence-electron chi connectivity index (χ1n) is 12.7. The van der Waals surface area contributed by atoms with Gasteiger partial charge < -0.3 is 19.9 Å². The van der Waals surface area contributed by atoms with Crippen LogP contribution in [0.1, 0.15) is 31.7 Å². The Labute approximate surface area is 209 Å². The van der Waals surface area contributed by atoms with Gasteiger partial charge in [0.25, 0.3) is 5.56 Å². The fourth-order valence-electron chi connectivity index (χ4n) is 5.74. The lowest BCUT2D eigenvalue weighted by atomic mass is 10.0. The fraction of sp³-hybridized carbons (Fsp3) is 0.462. The number of aromatic nitrogens is 3. The minimum Gasteiger partial charge on any atom is -0.452 e. The van der Waals surface area contributed by atoms with Gasteiger partial charge >= 0.3 is 6.09 Å². The lowest BCUT2D eigenvalue weighted by molar-refractivity contribution is 0.175. The third-order valence-electron chi connectivity index (χ3n) is 7.48. The normalized spacial score (nSPS) is 21.8. The summed E-state index contributed by atoms with van der Waals surface area (Å²) in [6, 6.07) is 9.58. The summed E-state index contributed by atoms with van der Waals surface area (Å²) < 4.78 is 6.90. The zero-order chi connectivity index (χ0) is 24.6. The Morgan fingerprint density at radius 2 is 1.89 bits per heavy atom. The molecule has 10 heteroatoms. The molecule has 3 aliphatic heterocycles. The van der Waals surface area contributed by atoms with Gasteiger partial charge in [0.1, 0.15) is 11.3 Å². The van der Waals surface area contributed by atoms with Gasteiger partial charge in [-0.2, -0.15) is 4.98 Å². The van der Waals surface area contributed by atoms with Crippen molar-refractivity contribution >= 4 is 40.1 Å². The van der Waals surface area contributed by atoms with E-state index in [2.05, 4.69) is 15.2 Å². The van der Waals surface area contributed by atoms with E-state index in [1.54, 1.807) is 4.90 Å². The van der Waals surface area contributed by atoms with Crippen LogP contribution in [0.2, 0.25) is 0 Å². The van der Waals surface area contributed by atoms with Crippen molar-refractivity contribution in [3.63, 3.8) is 0 Å². The summed E-state index contributed by atoms with van der Waals surface area (Å²) in [6.07, 6.45) is 5.56. The fourth-order valence-corrected chi connectivity index (χ4v) is 5.74. The predicted molar refractivity (Wildman–Crippen MR) is 139 cm³/mol. The summed E-state index contributed by atoms with van der Waals surface area (Å²) >= 11 is 0. The van der Waals surface area contributed by atoms with E-state index in [0.29, 0.717) is 30.4 Å². The largest absolute Gasteiger partial charge is 0.452 e. The van der Waals surface area contributed by atoms with Crippen molar-refractivity contribution in [2.24, 2.45) is 0 Å². The summed E-state index contributed by atoms with van der Waals surface area (Å²) in [5, 5.41) is 4.16. The van der Waals surface area contributed by atoms with Crippen LogP contribution in [0.4, 0.5) is 27.8 Å². The number of piperidine rings is 1. The van der Waals surface area contributed by atoms with Crippen LogP contribution in [0.3, 0.4) is 0 Å². The highest BCUT2D eigenvalue weighted by atomic mass is 16.5. The van der Waals surface area contributed by atoms with Gasteiger partial charge in [-0.25, -0.2) is 9.78 Å². The average molecular weight is 490 g/mol. The standard InChI is InChI=1S/C26H31N7O3/c1-36-26(35)32-14-13-31(20-8-2-3-9-21(20)32)22-15-18-16-28-25-27-10-4-5-11-30-12-6-7-19(17-30)33(24(22)34)23(18)29-25/h2-3,8-9,15-16,19H,4-7,10-14,17H2,1H3,(H,27,28,29). The van der Waals surface area contributed by atoms with Gasteiger partial charge in [-0.05, 0) is 57.0 Å². The van der Waals surface area contributed by atoms with Gasteiger partial charge in [0.15, 0.2) is 0 Å². The quantitative estimate of drug-likeness (QED) is 0.556. The van der Waals surface area contributed by atoms with Crippen LogP contribution in [0.5, 0.6) is 0 Å². The molecule has 2 aromatic heterocycles. The molecule has 2 atom stereocenters. The maximum atomic E-state index is 14.3. The molecule has 0 aliphatic carbocycles. The van der Waals surface area contributed by atoms with Crippen LogP contribution in [0.25, 0.3) is 11.0 Å². The molecule has 0 radical (unpaired) electrons. The Balaban J connectivity index is 1.52. The number of ether oxygens (including phenoxy) is 1. The minimum atomic E-state index is -0.407. The number of carbonyl (C=O) groups is 1. The zero-order valence-corrected chi connectivity index (χ0v) is 20.5. The smallest absolute Gasteiger partial charge is 0.414 e. The number of nitrogens with one attached hydrogen (secondary N) is 1. The molecule has 0 saturated carbocycles. The third kappa shape index (κ3) is 3.95. The van der Waals surface area contributed by atoms with E-state index in [1.165, 1.54) is 7.11 Å². The third-order valence-corrected chi connectivity index (χ3v) is 7.48. The van der Waals surface area contributed by atoms with E-state index in [-0.39, 0.29) is 11.6 Å². The SMILES string of the molecule is COC(=O)N1CCN(c2cc3cnc4nc3n(c2=O)C2CCCN(CCCCN4)C2)c2ccccc21. The molecule has 0 spiro atoms. The van der Waals surface area contributed by atoms with Crippen molar-refractivity contribution in [1.82, 2.24) is 19.4 Å². The number of fused-ring (bicyclic) bond motifs is 5. The Hall–Kier alpha value is -3.66. The van der Waals surface area contributed by atoms with Gasteiger partial charge in [0.2, 0.25) is 5.95 Å². The Bertz CT molecular complexity index is 1360. The lowest BCUT2D eigenvalue weighted by Crippen LogP contribution is -2.45. The predicted octanol–water partition coefficient (Wildman–Crippen LogP) is 3.36. The Morgan fingerprint density at radius 3 is 2.75 bits per heavy atom. The maximum Gasteiger partial charge on any atom is 0.414 e. The van der Waals surface area contributed by atoms with Crippen LogP contribution in [0, 0.1) is 0 Å². The molecule has 1 fully saturated rings. The zero-order valence-electron chi connectivity index (χ0n) is 20.5. The summed E-state index contributed by atoms with van der Waals surface area (Å²) in [4.78, 5) is 42.1. The average Bonchev–Trinajstić information content (AvgIpc) is 2.91. The van der Waals surface area contributed by atoms with Gasteiger partial charge in [-0.15, -0.1) is 0 Å². The van der Waals surface area contributed by atoms with Crippen LogP contribution < -0.4 is 20.7 Å². The molecule has 4 bridgehead atoms. The molecule has 10 nitrogen and oxygen atoms in total.